The number of sulfone groups is 1. The molecule has 1 heterocycles. The Bertz CT molecular complexity index is 283. The first-order chi connectivity index (χ1) is 6.91. The third-order valence-electron chi connectivity index (χ3n) is 3.12. The van der Waals surface area contributed by atoms with Crippen molar-refractivity contribution in [3.05, 3.63) is 0 Å². The zero-order chi connectivity index (χ0) is 11.5. The molecule has 90 valence electrons. The smallest absolute Gasteiger partial charge is 0.151 e. The maximum absolute atomic E-state index is 11.3. The molecule has 0 aromatic carbocycles. The first kappa shape index (κ1) is 12.9. The Hall–Kier alpha value is -0.130. The Balaban J connectivity index is 2.31. The summed E-state index contributed by atoms with van der Waals surface area (Å²) in [7, 11) is -3.01. The van der Waals surface area contributed by atoms with Crippen LogP contribution >= 0.6 is 0 Å². The molecule has 0 spiro atoms. The quantitative estimate of drug-likeness (QED) is 0.762. The lowest BCUT2D eigenvalue weighted by molar-refractivity contribution is 0.101. The Morgan fingerprint density at radius 3 is 2.67 bits per heavy atom. The van der Waals surface area contributed by atoms with Gasteiger partial charge in [0.15, 0.2) is 9.84 Å². The topological polar surface area (TPSA) is 69.4 Å². The minimum Gasteiger partial charge on any atom is -0.378 e. The lowest BCUT2D eigenvalue weighted by Gasteiger charge is -2.19. The summed E-state index contributed by atoms with van der Waals surface area (Å²) >= 11 is 0. The van der Waals surface area contributed by atoms with Crippen molar-refractivity contribution in [2.45, 2.75) is 50.0 Å². The summed E-state index contributed by atoms with van der Waals surface area (Å²) in [5, 5.41) is -0.459. The molecule has 0 bridgehead atoms. The molecule has 0 aromatic rings. The van der Waals surface area contributed by atoms with Gasteiger partial charge in [0.05, 0.1) is 11.4 Å². The van der Waals surface area contributed by atoms with E-state index in [1.54, 1.807) is 6.92 Å². The minimum atomic E-state index is -3.01. The van der Waals surface area contributed by atoms with E-state index in [2.05, 4.69) is 0 Å². The van der Waals surface area contributed by atoms with Crippen LogP contribution in [0, 0.1) is 0 Å². The van der Waals surface area contributed by atoms with E-state index in [0.717, 1.165) is 32.3 Å². The van der Waals surface area contributed by atoms with E-state index >= 15 is 0 Å². The fraction of sp³-hybridized carbons (Fsp3) is 1.00. The van der Waals surface area contributed by atoms with Crippen LogP contribution in [0.4, 0.5) is 0 Å². The van der Waals surface area contributed by atoms with Crippen LogP contribution in [0.1, 0.15) is 32.6 Å². The second-order valence-corrected chi connectivity index (χ2v) is 6.81. The molecule has 1 rings (SSSR count). The summed E-state index contributed by atoms with van der Waals surface area (Å²) < 4.78 is 28.0. The van der Waals surface area contributed by atoms with Crippen LogP contribution in [0.3, 0.4) is 0 Å². The molecule has 2 N–H and O–H groups in total. The van der Waals surface area contributed by atoms with Crippen molar-refractivity contribution in [2.24, 2.45) is 5.73 Å². The van der Waals surface area contributed by atoms with Gasteiger partial charge >= 0.3 is 0 Å². The average Bonchev–Trinajstić information content (AvgIpc) is 2.63. The molecule has 3 atom stereocenters. The van der Waals surface area contributed by atoms with E-state index in [-0.39, 0.29) is 6.04 Å². The normalized spacial score (nSPS) is 26.5. The molecule has 1 aliphatic heterocycles. The lowest BCUT2D eigenvalue weighted by Crippen LogP contribution is -2.38. The second-order valence-electron chi connectivity index (χ2n) is 4.41. The summed E-state index contributed by atoms with van der Waals surface area (Å²) in [5.41, 5.74) is 5.85. The molecular weight excluding hydrogens is 214 g/mol. The molecule has 1 aliphatic rings. The van der Waals surface area contributed by atoms with Gasteiger partial charge in [0.2, 0.25) is 0 Å². The van der Waals surface area contributed by atoms with Crippen molar-refractivity contribution in [3.63, 3.8) is 0 Å². The van der Waals surface area contributed by atoms with Crippen LogP contribution in [0.2, 0.25) is 0 Å². The van der Waals surface area contributed by atoms with E-state index in [4.69, 9.17) is 10.5 Å². The number of ether oxygens (including phenoxy) is 1. The number of rotatable bonds is 5. The maximum atomic E-state index is 11.3. The van der Waals surface area contributed by atoms with Crippen LogP contribution in [-0.4, -0.2) is 38.7 Å². The van der Waals surface area contributed by atoms with Gasteiger partial charge in [-0.1, -0.05) is 0 Å². The van der Waals surface area contributed by atoms with Gasteiger partial charge in [-0.05, 0) is 32.6 Å². The summed E-state index contributed by atoms with van der Waals surface area (Å²) in [6.07, 6.45) is 5.33. The Morgan fingerprint density at radius 1 is 1.53 bits per heavy atom. The minimum absolute atomic E-state index is 0.274. The van der Waals surface area contributed by atoms with Gasteiger partial charge in [0.1, 0.15) is 0 Å². The summed E-state index contributed by atoms with van der Waals surface area (Å²) in [6, 6.07) is -0.274. The molecule has 0 amide bonds. The monoisotopic (exact) mass is 235 g/mol. The van der Waals surface area contributed by atoms with Crippen LogP contribution < -0.4 is 5.73 Å². The third kappa shape index (κ3) is 4.09. The van der Waals surface area contributed by atoms with Crippen molar-refractivity contribution >= 4 is 9.84 Å². The van der Waals surface area contributed by atoms with Gasteiger partial charge in [0.25, 0.3) is 0 Å². The van der Waals surface area contributed by atoms with Crippen LogP contribution in [-0.2, 0) is 14.6 Å². The van der Waals surface area contributed by atoms with Crippen molar-refractivity contribution in [1.29, 1.82) is 0 Å². The van der Waals surface area contributed by atoms with Crippen molar-refractivity contribution in [2.75, 3.05) is 12.9 Å². The van der Waals surface area contributed by atoms with E-state index in [1.165, 1.54) is 6.26 Å². The highest BCUT2D eigenvalue weighted by atomic mass is 32.2. The summed E-state index contributed by atoms with van der Waals surface area (Å²) in [4.78, 5) is 0. The Morgan fingerprint density at radius 2 is 2.20 bits per heavy atom. The number of hydrogen-bond donors (Lipinski definition) is 1. The molecule has 15 heavy (non-hydrogen) atoms. The Kier molecular flexibility index (Phi) is 4.55. The van der Waals surface area contributed by atoms with Crippen LogP contribution in [0.5, 0.6) is 0 Å². The molecular formula is C10H21NO3S. The predicted octanol–water partition coefficient (Wildman–Crippen LogP) is 0.706. The first-order valence-electron chi connectivity index (χ1n) is 5.47. The van der Waals surface area contributed by atoms with Crippen molar-refractivity contribution in [3.8, 4) is 0 Å². The summed E-state index contributed by atoms with van der Waals surface area (Å²) in [5.74, 6) is 0. The molecule has 1 saturated heterocycles. The average molecular weight is 235 g/mol. The number of nitrogens with two attached hydrogens (primary N) is 1. The molecule has 0 aliphatic carbocycles. The maximum Gasteiger partial charge on any atom is 0.151 e. The highest BCUT2D eigenvalue weighted by Crippen LogP contribution is 2.19. The zero-order valence-corrected chi connectivity index (χ0v) is 10.3. The van der Waals surface area contributed by atoms with Gasteiger partial charge in [-0.2, -0.15) is 0 Å². The summed E-state index contributed by atoms with van der Waals surface area (Å²) in [6.45, 7) is 2.51. The molecule has 0 saturated carbocycles. The van der Waals surface area contributed by atoms with Gasteiger partial charge in [0, 0.05) is 18.9 Å². The van der Waals surface area contributed by atoms with E-state index in [0.29, 0.717) is 6.10 Å². The van der Waals surface area contributed by atoms with Gasteiger partial charge < -0.3 is 10.5 Å². The standard InChI is InChI=1S/C10H21NO3S/c1-8(15(2,12)13)10(11)6-5-9-4-3-7-14-9/h8-10H,3-7,11H2,1-2H3. The van der Waals surface area contributed by atoms with Crippen molar-refractivity contribution in [1.82, 2.24) is 0 Å². The highest BCUT2D eigenvalue weighted by Gasteiger charge is 2.24. The third-order valence-corrected chi connectivity index (χ3v) is 4.82. The molecule has 3 unspecified atom stereocenters. The second kappa shape index (κ2) is 5.27. The molecule has 5 heteroatoms. The van der Waals surface area contributed by atoms with Gasteiger partial charge in [-0.3, -0.25) is 0 Å². The largest absolute Gasteiger partial charge is 0.378 e. The van der Waals surface area contributed by atoms with Gasteiger partial charge in [-0.15, -0.1) is 0 Å². The zero-order valence-electron chi connectivity index (χ0n) is 9.48. The van der Waals surface area contributed by atoms with E-state index in [1.807, 2.05) is 0 Å². The fourth-order valence-electron chi connectivity index (χ4n) is 1.80. The number of hydrogen-bond acceptors (Lipinski definition) is 4. The fourth-order valence-corrected chi connectivity index (χ4v) is 2.57. The highest BCUT2D eigenvalue weighted by molar-refractivity contribution is 7.91. The van der Waals surface area contributed by atoms with Gasteiger partial charge in [-0.25, -0.2) is 8.42 Å². The van der Waals surface area contributed by atoms with Crippen LogP contribution in [0.25, 0.3) is 0 Å². The SMILES string of the molecule is CC(C(N)CCC1CCCO1)S(C)(=O)=O. The van der Waals surface area contributed by atoms with Crippen molar-refractivity contribution < 1.29 is 13.2 Å². The predicted molar refractivity (Wildman–Crippen MR) is 60.5 cm³/mol. The lowest BCUT2D eigenvalue weighted by atomic mass is 10.0. The molecule has 0 aromatic heterocycles. The molecule has 0 radical (unpaired) electrons. The molecule has 1 fully saturated rings. The van der Waals surface area contributed by atoms with Crippen LogP contribution in [0.15, 0.2) is 0 Å². The Labute approximate surface area is 92.1 Å². The first-order valence-corrected chi connectivity index (χ1v) is 7.42. The molecule has 4 nitrogen and oxygen atoms in total. The van der Waals surface area contributed by atoms with E-state index in [9.17, 15) is 8.42 Å². The van der Waals surface area contributed by atoms with E-state index < -0.39 is 15.1 Å².